The predicted octanol–water partition coefficient (Wildman–Crippen LogP) is 5.01. The summed E-state index contributed by atoms with van der Waals surface area (Å²) >= 11 is 0. The first-order chi connectivity index (χ1) is 21.1. The fraction of sp³-hybridized carbons (Fsp3) is 0.344. The van der Waals surface area contributed by atoms with Crippen LogP contribution in [0.3, 0.4) is 0 Å². The second-order valence-corrected chi connectivity index (χ2v) is 10.7. The van der Waals surface area contributed by atoms with Crippen molar-refractivity contribution in [2.45, 2.75) is 44.3 Å². The number of rotatable bonds is 9. The summed E-state index contributed by atoms with van der Waals surface area (Å²) in [5.74, 6) is -0.614. The largest absolute Gasteiger partial charge is 0.469 e. The van der Waals surface area contributed by atoms with Crippen molar-refractivity contribution in [3.63, 3.8) is 0 Å². The third kappa shape index (κ3) is 7.07. The van der Waals surface area contributed by atoms with E-state index in [0.717, 1.165) is 11.6 Å². The van der Waals surface area contributed by atoms with E-state index in [0.29, 0.717) is 62.1 Å². The molecule has 1 aliphatic heterocycles. The Morgan fingerprint density at radius 1 is 0.977 bits per heavy atom. The molecule has 0 atom stereocenters. The number of carbonyl (C=O) groups is 3. The van der Waals surface area contributed by atoms with E-state index in [1.165, 1.54) is 25.3 Å². The minimum Gasteiger partial charge on any atom is -0.469 e. The molecular weight excluding hydrogens is 575 g/mol. The Balaban J connectivity index is 1.12. The van der Waals surface area contributed by atoms with Crippen LogP contribution in [0.15, 0.2) is 66.9 Å². The van der Waals surface area contributed by atoms with Crippen LogP contribution in [0.5, 0.6) is 0 Å². The molecule has 5 rings (SSSR count). The van der Waals surface area contributed by atoms with Crippen molar-refractivity contribution in [2.24, 2.45) is 0 Å². The summed E-state index contributed by atoms with van der Waals surface area (Å²) in [6, 6.07) is 15.8. The Morgan fingerprint density at radius 3 is 2.39 bits per heavy atom. The highest BCUT2D eigenvalue weighted by Gasteiger charge is 2.33. The smallest absolute Gasteiger partial charge is 0.417 e. The number of nitrogens with one attached hydrogen (secondary N) is 1. The molecule has 2 heterocycles. The maximum absolute atomic E-state index is 13.5. The van der Waals surface area contributed by atoms with Gasteiger partial charge in [-0.3, -0.25) is 19.1 Å². The van der Waals surface area contributed by atoms with Crippen LogP contribution >= 0.6 is 0 Å². The van der Waals surface area contributed by atoms with Gasteiger partial charge in [0, 0.05) is 43.4 Å². The molecule has 2 amide bonds. The number of piperidine rings is 1. The monoisotopic (exact) mass is 607 g/mol. The number of benzene rings is 3. The fourth-order valence-electron chi connectivity index (χ4n) is 5.51. The van der Waals surface area contributed by atoms with Crippen LogP contribution in [-0.4, -0.2) is 64.4 Å². The van der Waals surface area contributed by atoms with Crippen LogP contribution in [0, 0.1) is 0 Å². The SMILES string of the molecule is COC(=O)CCn1cc(CCNC(=O)c2ccc(C3CCN(C(=O)c4cccc5c(C(F)(F)F)cccc45)CC3)cc2)nn1. The van der Waals surface area contributed by atoms with Crippen molar-refractivity contribution in [3.8, 4) is 0 Å². The molecule has 3 aromatic carbocycles. The summed E-state index contributed by atoms with van der Waals surface area (Å²) in [7, 11) is 1.33. The molecule has 12 heteroatoms. The predicted molar refractivity (Wildman–Crippen MR) is 156 cm³/mol. The Hall–Kier alpha value is -4.74. The Kier molecular flexibility index (Phi) is 9.26. The standard InChI is InChI=1S/C32H32F3N5O4/c1-44-29(41)15-19-40-20-24(37-38-40)12-16-36-30(42)23-10-8-21(9-11-23)22-13-17-39(18-14-22)31(43)27-6-2-5-26-25(27)4-3-7-28(26)32(33,34)35/h2-11,20,22H,12-19H2,1H3,(H,36,42). The van der Waals surface area contributed by atoms with Crippen LogP contribution < -0.4 is 5.32 Å². The van der Waals surface area contributed by atoms with Gasteiger partial charge < -0.3 is 15.0 Å². The lowest BCUT2D eigenvalue weighted by Crippen LogP contribution is -2.38. The van der Waals surface area contributed by atoms with Gasteiger partial charge >= 0.3 is 12.1 Å². The molecule has 230 valence electrons. The van der Waals surface area contributed by atoms with Crippen LogP contribution in [0.1, 0.15) is 62.7 Å². The molecular formula is C32H32F3N5O4. The number of fused-ring (bicyclic) bond motifs is 1. The molecule has 1 N–H and O–H groups in total. The Bertz CT molecular complexity index is 1640. The van der Waals surface area contributed by atoms with Crippen LogP contribution in [0.25, 0.3) is 10.8 Å². The molecule has 44 heavy (non-hydrogen) atoms. The normalized spacial score (nSPS) is 14.0. The third-order valence-electron chi connectivity index (χ3n) is 7.91. The number of nitrogens with zero attached hydrogens (tertiary/aromatic N) is 4. The van der Waals surface area contributed by atoms with Gasteiger partial charge in [-0.2, -0.15) is 13.2 Å². The van der Waals surface area contributed by atoms with Crippen molar-refractivity contribution in [1.82, 2.24) is 25.2 Å². The summed E-state index contributed by atoms with van der Waals surface area (Å²) in [5.41, 5.74) is 1.81. The molecule has 9 nitrogen and oxygen atoms in total. The van der Waals surface area contributed by atoms with Crippen molar-refractivity contribution >= 4 is 28.6 Å². The first-order valence-electron chi connectivity index (χ1n) is 14.4. The number of hydrogen-bond acceptors (Lipinski definition) is 6. The number of likely N-dealkylation sites (tertiary alicyclic amines) is 1. The number of amides is 2. The molecule has 0 aliphatic carbocycles. The lowest BCUT2D eigenvalue weighted by atomic mass is 9.88. The Labute approximate surface area is 252 Å². The number of methoxy groups -OCH3 is 1. The molecule has 0 radical (unpaired) electrons. The zero-order valence-corrected chi connectivity index (χ0v) is 24.1. The summed E-state index contributed by atoms with van der Waals surface area (Å²) < 4.78 is 46.7. The maximum atomic E-state index is 13.5. The minimum absolute atomic E-state index is 0.0186. The van der Waals surface area contributed by atoms with E-state index in [9.17, 15) is 27.6 Å². The maximum Gasteiger partial charge on any atom is 0.417 e. The highest BCUT2D eigenvalue weighted by Crippen LogP contribution is 2.36. The van der Waals surface area contributed by atoms with Gasteiger partial charge in [0.2, 0.25) is 0 Å². The molecule has 0 bridgehead atoms. The fourth-order valence-corrected chi connectivity index (χ4v) is 5.51. The molecule has 1 fully saturated rings. The number of ether oxygens (including phenoxy) is 1. The highest BCUT2D eigenvalue weighted by molar-refractivity contribution is 6.07. The van der Waals surface area contributed by atoms with E-state index in [1.54, 1.807) is 40.0 Å². The highest BCUT2D eigenvalue weighted by atomic mass is 19.4. The third-order valence-corrected chi connectivity index (χ3v) is 7.91. The second kappa shape index (κ2) is 13.3. The van der Waals surface area contributed by atoms with Crippen molar-refractivity contribution in [3.05, 3.63) is 94.8 Å². The number of aromatic nitrogens is 3. The topological polar surface area (TPSA) is 106 Å². The van der Waals surface area contributed by atoms with Gasteiger partial charge in [0.15, 0.2) is 0 Å². The first kappa shape index (κ1) is 30.7. The average Bonchev–Trinajstić information content (AvgIpc) is 3.50. The minimum atomic E-state index is -4.51. The molecule has 0 spiro atoms. The summed E-state index contributed by atoms with van der Waals surface area (Å²) in [4.78, 5) is 39.0. The van der Waals surface area contributed by atoms with Crippen LogP contribution in [-0.2, 0) is 28.7 Å². The van der Waals surface area contributed by atoms with Crippen molar-refractivity contribution < 1.29 is 32.3 Å². The molecule has 1 aromatic heterocycles. The summed E-state index contributed by atoms with van der Waals surface area (Å²) in [6.45, 7) is 1.70. The van der Waals surface area contributed by atoms with E-state index in [4.69, 9.17) is 0 Å². The zero-order valence-electron chi connectivity index (χ0n) is 24.1. The second-order valence-electron chi connectivity index (χ2n) is 10.7. The van der Waals surface area contributed by atoms with E-state index >= 15 is 0 Å². The number of esters is 1. The number of hydrogen-bond donors (Lipinski definition) is 1. The lowest BCUT2D eigenvalue weighted by molar-refractivity contribution is -0.141. The van der Waals surface area contributed by atoms with Crippen LogP contribution in [0.2, 0.25) is 0 Å². The molecule has 4 aromatic rings. The molecule has 0 unspecified atom stereocenters. The van der Waals surface area contributed by atoms with Crippen LogP contribution in [0.4, 0.5) is 13.2 Å². The van der Waals surface area contributed by atoms with Gasteiger partial charge in [0.25, 0.3) is 11.8 Å². The van der Waals surface area contributed by atoms with Gasteiger partial charge in [-0.25, -0.2) is 0 Å². The zero-order chi connectivity index (χ0) is 31.3. The van der Waals surface area contributed by atoms with E-state index < -0.39 is 11.7 Å². The average molecular weight is 608 g/mol. The molecule has 1 aliphatic rings. The van der Waals surface area contributed by atoms with Crippen molar-refractivity contribution in [2.75, 3.05) is 26.7 Å². The van der Waals surface area contributed by atoms with E-state index in [2.05, 4.69) is 20.4 Å². The Morgan fingerprint density at radius 2 is 1.68 bits per heavy atom. The first-order valence-corrected chi connectivity index (χ1v) is 14.4. The molecule has 0 saturated carbocycles. The number of carbonyl (C=O) groups excluding carboxylic acids is 3. The quantitative estimate of drug-likeness (QED) is 0.269. The number of aryl methyl sites for hydroxylation is 1. The van der Waals surface area contributed by atoms with Gasteiger partial charge in [0.05, 0.1) is 31.3 Å². The summed E-state index contributed by atoms with van der Waals surface area (Å²) in [6.07, 6.45) is -0.682. The summed E-state index contributed by atoms with van der Waals surface area (Å²) in [5, 5.41) is 11.2. The van der Waals surface area contributed by atoms with Gasteiger partial charge in [-0.1, -0.05) is 41.6 Å². The number of halogens is 3. The molecule has 1 saturated heterocycles. The van der Waals surface area contributed by atoms with Gasteiger partial charge in [0.1, 0.15) is 0 Å². The van der Waals surface area contributed by atoms with Gasteiger partial charge in [-0.05, 0) is 59.4 Å². The van der Waals surface area contributed by atoms with Gasteiger partial charge in [-0.15, -0.1) is 5.10 Å². The van der Waals surface area contributed by atoms with Crippen molar-refractivity contribution in [1.29, 1.82) is 0 Å². The van der Waals surface area contributed by atoms with E-state index in [1.807, 2.05) is 12.1 Å². The number of alkyl halides is 3. The van der Waals surface area contributed by atoms with E-state index in [-0.39, 0.29) is 41.1 Å². The lowest BCUT2D eigenvalue weighted by Gasteiger charge is -2.32.